The van der Waals surface area contributed by atoms with Crippen LogP contribution in [0.4, 0.5) is 16.0 Å². The molecular weight excluding hydrogens is 283 g/mol. The number of anilines is 2. The molecule has 0 bridgehead atoms. The molecule has 0 atom stereocenters. The first-order valence-electron chi connectivity index (χ1n) is 5.49. The summed E-state index contributed by atoms with van der Waals surface area (Å²) in [6, 6.07) is 5.05. The summed E-state index contributed by atoms with van der Waals surface area (Å²) in [6.45, 7) is 0. The lowest BCUT2D eigenvalue weighted by Gasteiger charge is -2.04. The zero-order chi connectivity index (χ0) is 14.7. The third-order valence-corrected chi connectivity index (χ3v) is 3.24. The van der Waals surface area contributed by atoms with Gasteiger partial charge in [-0.05, 0) is 23.8 Å². The number of hydrogen-bond donors (Lipinski definition) is 3. The molecule has 0 fully saturated rings. The van der Waals surface area contributed by atoms with Crippen molar-refractivity contribution in [1.82, 2.24) is 9.97 Å². The first kappa shape index (κ1) is 14.1. The average Bonchev–Trinajstić information content (AvgIpc) is 2.34. The van der Waals surface area contributed by atoms with Gasteiger partial charge in [0, 0.05) is 11.8 Å². The van der Waals surface area contributed by atoms with E-state index < -0.39 is 11.8 Å². The van der Waals surface area contributed by atoms with E-state index in [0.29, 0.717) is 16.5 Å². The van der Waals surface area contributed by atoms with Crippen LogP contribution in [-0.4, -0.2) is 21.0 Å². The number of nitrogens with two attached hydrogens (primary N) is 2. The molecule has 0 unspecified atom stereocenters. The largest absolute Gasteiger partial charge is 0.478 e. The van der Waals surface area contributed by atoms with E-state index in [9.17, 15) is 9.18 Å². The Labute approximate surface area is 118 Å². The van der Waals surface area contributed by atoms with Gasteiger partial charge < -0.3 is 16.6 Å². The van der Waals surface area contributed by atoms with Gasteiger partial charge in [-0.1, -0.05) is 11.8 Å². The van der Waals surface area contributed by atoms with Gasteiger partial charge in [0.15, 0.2) is 5.16 Å². The fraction of sp³-hybridized carbons (Fsp3) is 0.0833. The van der Waals surface area contributed by atoms with Crippen molar-refractivity contribution in [3.63, 3.8) is 0 Å². The van der Waals surface area contributed by atoms with Crippen molar-refractivity contribution in [3.05, 3.63) is 41.2 Å². The van der Waals surface area contributed by atoms with E-state index in [0.717, 1.165) is 6.07 Å². The van der Waals surface area contributed by atoms with Crippen molar-refractivity contribution in [1.29, 1.82) is 0 Å². The van der Waals surface area contributed by atoms with E-state index in [1.54, 1.807) is 0 Å². The van der Waals surface area contributed by atoms with Crippen LogP contribution in [-0.2, 0) is 5.75 Å². The topological polar surface area (TPSA) is 115 Å². The van der Waals surface area contributed by atoms with Gasteiger partial charge in [0.05, 0.1) is 5.56 Å². The number of carboxylic acid groups (broad SMARTS) is 1. The minimum atomic E-state index is -1.18. The lowest BCUT2D eigenvalue weighted by atomic mass is 10.1. The highest BCUT2D eigenvalue weighted by Gasteiger charge is 2.08. The Hall–Kier alpha value is -2.35. The number of halogens is 1. The molecular formula is C12H11FN4O2S. The molecule has 0 radical (unpaired) electrons. The highest BCUT2D eigenvalue weighted by molar-refractivity contribution is 7.98. The number of nitrogens with zero attached hydrogens (tertiary/aromatic N) is 2. The molecule has 0 amide bonds. The Morgan fingerprint density at radius 1 is 1.20 bits per heavy atom. The van der Waals surface area contributed by atoms with Crippen molar-refractivity contribution in [2.45, 2.75) is 10.9 Å². The lowest BCUT2D eigenvalue weighted by Crippen LogP contribution is -2.00. The molecule has 0 aliphatic heterocycles. The first-order chi connectivity index (χ1) is 9.44. The maximum atomic E-state index is 13.3. The van der Waals surface area contributed by atoms with E-state index in [-0.39, 0.29) is 17.2 Å². The van der Waals surface area contributed by atoms with Gasteiger partial charge in [-0.25, -0.2) is 19.2 Å². The number of rotatable bonds is 4. The molecule has 1 heterocycles. The molecule has 1 aromatic heterocycles. The summed E-state index contributed by atoms with van der Waals surface area (Å²) in [7, 11) is 0. The molecule has 6 nitrogen and oxygen atoms in total. The van der Waals surface area contributed by atoms with Gasteiger partial charge in [-0.3, -0.25) is 0 Å². The predicted octanol–water partition coefficient (Wildman–Crippen LogP) is 1.77. The van der Waals surface area contributed by atoms with Crippen molar-refractivity contribution in [2.75, 3.05) is 11.5 Å². The van der Waals surface area contributed by atoms with E-state index >= 15 is 0 Å². The predicted molar refractivity (Wildman–Crippen MR) is 73.8 cm³/mol. The molecule has 2 aromatic rings. The second-order valence-corrected chi connectivity index (χ2v) is 4.88. The Morgan fingerprint density at radius 2 is 1.85 bits per heavy atom. The maximum Gasteiger partial charge on any atom is 0.335 e. The normalized spacial score (nSPS) is 10.4. The van der Waals surface area contributed by atoms with Crippen LogP contribution in [0.1, 0.15) is 15.9 Å². The number of nitrogen functional groups attached to an aromatic ring is 2. The van der Waals surface area contributed by atoms with Crippen LogP contribution in [0, 0.1) is 5.82 Å². The molecule has 0 saturated carbocycles. The van der Waals surface area contributed by atoms with Gasteiger partial charge in [0.25, 0.3) is 0 Å². The van der Waals surface area contributed by atoms with Crippen LogP contribution in [0.15, 0.2) is 29.4 Å². The average molecular weight is 294 g/mol. The number of carbonyl (C=O) groups is 1. The number of carboxylic acids is 1. The van der Waals surface area contributed by atoms with Crippen molar-refractivity contribution in [2.24, 2.45) is 0 Å². The van der Waals surface area contributed by atoms with Crippen LogP contribution in [0.25, 0.3) is 0 Å². The summed E-state index contributed by atoms with van der Waals surface area (Å²) in [5, 5.41) is 9.21. The number of aromatic nitrogens is 2. The lowest BCUT2D eigenvalue weighted by molar-refractivity contribution is 0.0696. The molecule has 0 aliphatic rings. The molecule has 5 N–H and O–H groups in total. The molecule has 0 spiro atoms. The van der Waals surface area contributed by atoms with Crippen LogP contribution >= 0.6 is 11.8 Å². The Morgan fingerprint density at radius 3 is 2.45 bits per heavy atom. The molecule has 0 saturated heterocycles. The Bertz CT molecular complexity index is 646. The number of aromatic carboxylic acids is 1. The smallest absolute Gasteiger partial charge is 0.335 e. The second-order valence-electron chi connectivity index (χ2n) is 3.94. The highest BCUT2D eigenvalue weighted by Crippen LogP contribution is 2.22. The summed E-state index contributed by atoms with van der Waals surface area (Å²) in [6.07, 6.45) is 0. The van der Waals surface area contributed by atoms with Crippen LogP contribution < -0.4 is 11.5 Å². The van der Waals surface area contributed by atoms with Gasteiger partial charge in [-0.15, -0.1) is 0 Å². The summed E-state index contributed by atoms with van der Waals surface area (Å²) >= 11 is 1.19. The summed E-state index contributed by atoms with van der Waals surface area (Å²) in [5.74, 6) is -0.995. The van der Waals surface area contributed by atoms with Gasteiger partial charge in [0.2, 0.25) is 0 Å². The fourth-order valence-electron chi connectivity index (χ4n) is 1.53. The summed E-state index contributed by atoms with van der Waals surface area (Å²) < 4.78 is 13.3. The maximum absolute atomic E-state index is 13.3. The van der Waals surface area contributed by atoms with Crippen LogP contribution in [0.3, 0.4) is 0 Å². The third kappa shape index (κ3) is 3.58. The van der Waals surface area contributed by atoms with Crippen molar-refractivity contribution >= 4 is 29.4 Å². The Kier molecular flexibility index (Phi) is 4.04. The molecule has 0 aliphatic carbocycles. The van der Waals surface area contributed by atoms with E-state index in [2.05, 4.69) is 9.97 Å². The zero-order valence-electron chi connectivity index (χ0n) is 10.2. The SMILES string of the molecule is Nc1cc(N)nc(SCc2cc(F)cc(C(=O)O)c2)n1. The monoisotopic (exact) mass is 294 g/mol. The first-order valence-corrected chi connectivity index (χ1v) is 6.48. The van der Waals surface area contributed by atoms with Crippen molar-refractivity contribution in [3.8, 4) is 0 Å². The number of thioether (sulfide) groups is 1. The quantitative estimate of drug-likeness (QED) is 0.581. The molecule has 2 rings (SSSR count). The van der Waals surface area contributed by atoms with Gasteiger partial charge in [-0.2, -0.15) is 0 Å². The highest BCUT2D eigenvalue weighted by atomic mass is 32.2. The van der Waals surface area contributed by atoms with E-state index in [4.69, 9.17) is 16.6 Å². The Balaban J connectivity index is 2.16. The third-order valence-electron chi connectivity index (χ3n) is 2.32. The second kappa shape index (κ2) is 5.74. The molecule has 1 aromatic carbocycles. The van der Waals surface area contributed by atoms with E-state index in [1.807, 2.05) is 0 Å². The number of benzene rings is 1. The summed E-state index contributed by atoms with van der Waals surface area (Å²) in [4.78, 5) is 18.8. The molecule has 104 valence electrons. The van der Waals surface area contributed by atoms with Crippen molar-refractivity contribution < 1.29 is 14.3 Å². The van der Waals surface area contributed by atoms with Gasteiger partial charge >= 0.3 is 5.97 Å². The minimum Gasteiger partial charge on any atom is -0.478 e. The fourth-order valence-corrected chi connectivity index (χ4v) is 2.33. The summed E-state index contributed by atoms with van der Waals surface area (Å²) in [5.41, 5.74) is 11.5. The number of hydrogen-bond acceptors (Lipinski definition) is 6. The minimum absolute atomic E-state index is 0.103. The van der Waals surface area contributed by atoms with Crippen LogP contribution in [0.5, 0.6) is 0 Å². The van der Waals surface area contributed by atoms with Crippen LogP contribution in [0.2, 0.25) is 0 Å². The molecule has 8 heteroatoms. The van der Waals surface area contributed by atoms with Gasteiger partial charge in [0.1, 0.15) is 17.5 Å². The van der Waals surface area contributed by atoms with E-state index in [1.165, 1.54) is 30.0 Å². The standard InChI is InChI=1S/C12H11FN4O2S/c13-8-2-6(1-7(3-8)11(18)19)5-20-12-16-9(14)4-10(15)17-12/h1-4H,5H2,(H,18,19)(H4,14,15,16,17). The zero-order valence-corrected chi connectivity index (χ0v) is 11.0. The molecule has 20 heavy (non-hydrogen) atoms.